The van der Waals surface area contributed by atoms with Crippen LogP contribution in [0.5, 0.6) is 0 Å². The lowest BCUT2D eigenvalue weighted by Crippen LogP contribution is -2.51. The second-order valence-corrected chi connectivity index (χ2v) is 12.2. The van der Waals surface area contributed by atoms with Crippen molar-refractivity contribution >= 4 is 39.1 Å². The first kappa shape index (κ1) is 32.9. The molecule has 1 atom stereocenters. The van der Waals surface area contributed by atoms with Gasteiger partial charge in [-0.3, -0.25) is 13.9 Å². The van der Waals surface area contributed by atoms with E-state index in [4.69, 9.17) is 11.6 Å². The summed E-state index contributed by atoms with van der Waals surface area (Å²) >= 11 is 5.81. The Kier molecular flexibility index (Phi) is 10.7. The number of sulfonamides is 1. The van der Waals surface area contributed by atoms with Gasteiger partial charge in [0.15, 0.2) is 0 Å². The molecular formula is C30H33ClF3N3O4S. The predicted molar refractivity (Wildman–Crippen MR) is 157 cm³/mol. The van der Waals surface area contributed by atoms with Gasteiger partial charge >= 0.3 is 6.18 Å². The van der Waals surface area contributed by atoms with Gasteiger partial charge in [0.1, 0.15) is 12.6 Å². The molecule has 0 radical (unpaired) electrons. The maximum Gasteiger partial charge on any atom is 0.417 e. The van der Waals surface area contributed by atoms with Crippen molar-refractivity contribution in [3.05, 3.63) is 94.0 Å². The summed E-state index contributed by atoms with van der Waals surface area (Å²) in [5.74, 6) is -1.23. The minimum Gasteiger partial charge on any atom is -0.354 e. The van der Waals surface area contributed by atoms with Crippen molar-refractivity contribution in [2.75, 3.05) is 17.4 Å². The lowest BCUT2D eigenvalue weighted by atomic mass is 10.1. The van der Waals surface area contributed by atoms with E-state index >= 15 is 0 Å². The van der Waals surface area contributed by atoms with E-state index in [0.29, 0.717) is 23.3 Å². The molecule has 0 spiro atoms. The third kappa shape index (κ3) is 7.83. The fraction of sp³-hybridized carbons (Fsp3) is 0.333. The number of rotatable bonds is 11. The van der Waals surface area contributed by atoms with E-state index in [1.165, 1.54) is 24.0 Å². The van der Waals surface area contributed by atoms with Crippen molar-refractivity contribution in [2.45, 2.75) is 57.8 Å². The molecule has 0 aliphatic heterocycles. The number of hydrogen-bond donors (Lipinski definition) is 1. The number of nitrogens with one attached hydrogen (secondary N) is 1. The van der Waals surface area contributed by atoms with Gasteiger partial charge in [0, 0.05) is 13.1 Å². The number of carbonyl (C=O) groups excluding carboxylic acids is 2. The van der Waals surface area contributed by atoms with Crippen molar-refractivity contribution in [2.24, 2.45) is 0 Å². The van der Waals surface area contributed by atoms with E-state index < -0.39 is 56.9 Å². The average Bonchev–Trinajstić information content (AvgIpc) is 2.93. The molecule has 42 heavy (non-hydrogen) atoms. The molecule has 2 amide bonds. The zero-order valence-electron chi connectivity index (χ0n) is 23.7. The fourth-order valence-corrected chi connectivity index (χ4v) is 5.83. The lowest BCUT2D eigenvalue weighted by Gasteiger charge is -2.32. The molecule has 0 fully saturated rings. The number of anilines is 1. The third-order valence-electron chi connectivity index (χ3n) is 6.75. The molecule has 0 aliphatic rings. The van der Waals surface area contributed by atoms with Crippen LogP contribution >= 0.6 is 11.6 Å². The van der Waals surface area contributed by atoms with Gasteiger partial charge in [0.25, 0.3) is 10.0 Å². The van der Waals surface area contributed by atoms with E-state index in [0.717, 1.165) is 28.8 Å². The smallest absolute Gasteiger partial charge is 0.354 e. The van der Waals surface area contributed by atoms with Crippen molar-refractivity contribution in [3.63, 3.8) is 0 Å². The summed E-state index contributed by atoms with van der Waals surface area (Å²) in [5, 5.41) is 2.12. The van der Waals surface area contributed by atoms with Gasteiger partial charge in [-0.2, -0.15) is 13.2 Å². The van der Waals surface area contributed by atoms with E-state index in [-0.39, 0.29) is 11.4 Å². The standard InChI is InChI=1S/C30H33ClF3N3O4S/c1-5-16-35-29(39)22(4)36(18-23-9-7-6-8-21(23)3)28(38)19-37(42(40,41)25-13-10-20(2)11-14-25)24-12-15-27(31)26(17-24)30(32,33)34/h6-15,17,22H,5,16,18-19H2,1-4H3,(H,35,39)/t22-/m0/s1. The molecule has 3 rings (SSSR count). The number of alkyl halides is 3. The SMILES string of the molecule is CCCNC(=O)[C@H](C)N(Cc1ccccc1C)C(=O)CN(c1ccc(Cl)c(C(F)(F)F)c1)S(=O)(=O)c1ccc(C)cc1. The van der Waals surface area contributed by atoms with Crippen molar-refractivity contribution in [3.8, 4) is 0 Å². The fourth-order valence-electron chi connectivity index (χ4n) is 4.20. The Balaban J connectivity index is 2.12. The minimum absolute atomic E-state index is 0.0287. The number of nitrogens with zero attached hydrogens (tertiary/aromatic N) is 2. The zero-order valence-corrected chi connectivity index (χ0v) is 25.3. The number of aryl methyl sites for hydroxylation is 2. The van der Waals surface area contributed by atoms with Gasteiger partial charge in [-0.05, 0) is 68.7 Å². The Morgan fingerprint density at radius 3 is 2.24 bits per heavy atom. The Morgan fingerprint density at radius 2 is 1.64 bits per heavy atom. The predicted octanol–water partition coefficient (Wildman–Crippen LogP) is 6.11. The van der Waals surface area contributed by atoms with Gasteiger partial charge in [-0.1, -0.05) is 60.5 Å². The van der Waals surface area contributed by atoms with Crippen LogP contribution in [-0.2, 0) is 32.3 Å². The highest BCUT2D eigenvalue weighted by molar-refractivity contribution is 7.92. The molecule has 0 heterocycles. The van der Waals surface area contributed by atoms with Crippen molar-refractivity contribution < 1.29 is 31.2 Å². The summed E-state index contributed by atoms with van der Waals surface area (Å²) in [4.78, 5) is 27.9. The number of benzene rings is 3. The minimum atomic E-state index is -4.88. The Bertz CT molecular complexity index is 1530. The summed E-state index contributed by atoms with van der Waals surface area (Å²) in [6, 6.07) is 14.6. The van der Waals surface area contributed by atoms with E-state index in [2.05, 4.69) is 5.32 Å². The molecule has 12 heteroatoms. The highest BCUT2D eigenvalue weighted by Gasteiger charge is 2.37. The van der Waals surface area contributed by atoms with Gasteiger partial charge in [-0.25, -0.2) is 8.42 Å². The normalized spacial score (nSPS) is 12.5. The Hall–Kier alpha value is -3.57. The topological polar surface area (TPSA) is 86.8 Å². The lowest BCUT2D eigenvalue weighted by molar-refractivity contribution is -0.139. The van der Waals surface area contributed by atoms with Crippen LogP contribution in [0.25, 0.3) is 0 Å². The summed E-state index contributed by atoms with van der Waals surface area (Å²) in [5.41, 5.74) is 0.675. The van der Waals surface area contributed by atoms with Gasteiger partial charge < -0.3 is 10.2 Å². The van der Waals surface area contributed by atoms with Crippen LogP contribution in [0, 0.1) is 13.8 Å². The highest BCUT2D eigenvalue weighted by atomic mass is 35.5. The largest absolute Gasteiger partial charge is 0.417 e. The molecule has 0 unspecified atom stereocenters. The van der Waals surface area contributed by atoms with Gasteiger partial charge in [-0.15, -0.1) is 0 Å². The molecule has 0 aliphatic carbocycles. The van der Waals surface area contributed by atoms with E-state index in [1.54, 1.807) is 31.2 Å². The van der Waals surface area contributed by atoms with Crippen LogP contribution in [0.1, 0.15) is 42.5 Å². The first-order valence-corrected chi connectivity index (χ1v) is 15.1. The zero-order chi connectivity index (χ0) is 31.2. The summed E-state index contributed by atoms with van der Waals surface area (Å²) in [7, 11) is -4.54. The number of hydrogen-bond acceptors (Lipinski definition) is 4. The van der Waals surface area contributed by atoms with Crippen LogP contribution in [0.4, 0.5) is 18.9 Å². The number of carbonyl (C=O) groups is 2. The van der Waals surface area contributed by atoms with Crippen LogP contribution in [-0.4, -0.2) is 44.3 Å². The second kappa shape index (κ2) is 13.6. The van der Waals surface area contributed by atoms with Crippen LogP contribution in [0.15, 0.2) is 71.6 Å². The molecule has 0 saturated carbocycles. The molecule has 226 valence electrons. The van der Waals surface area contributed by atoms with Crippen LogP contribution in [0.2, 0.25) is 5.02 Å². The maximum absolute atomic E-state index is 13.9. The molecular weight excluding hydrogens is 591 g/mol. The number of amides is 2. The second-order valence-electron chi connectivity index (χ2n) is 9.90. The van der Waals surface area contributed by atoms with Crippen molar-refractivity contribution in [1.29, 1.82) is 0 Å². The maximum atomic E-state index is 13.9. The van der Waals surface area contributed by atoms with Gasteiger partial charge in [0.05, 0.1) is 21.2 Å². The number of halogens is 4. The molecule has 1 N–H and O–H groups in total. The Labute approximate surface area is 249 Å². The van der Waals surface area contributed by atoms with Crippen LogP contribution < -0.4 is 9.62 Å². The van der Waals surface area contributed by atoms with E-state index in [1.807, 2.05) is 26.0 Å². The Morgan fingerprint density at radius 1 is 1.00 bits per heavy atom. The molecule has 0 bridgehead atoms. The quantitative estimate of drug-likeness (QED) is 0.279. The molecule has 7 nitrogen and oxygen atoms in total. The first-order valence-electron chi connectivity index (χ1n) is 13.2. The highest BCUT2D eigenvalue weighted by Crippen LogP contribution is 2.38. The molecule has 0 saturated heterocycles. The summed E-state index contributed by atoms with van der Waals surface area (Å²) in [6.45, 7) is 6.45. The van der Waals surface area contributed by atoms with Gasteiger partial charge in [0.2, 0.25) is 11.8 Å². The van der Waals surface area contributed by atoms with E-state index in [9.17, 15) is 31.2 Å². The molecule has 0 aromatic heterocycles. The first-order chi connectivity index (χ1) is 19.7. The summed E-state index contributed by atoms with van der Waals surface area (Å²) < 4.78 is 69.6. The molecule has 3 aromatic carbocycles. The van der Waals surface area contributed by atoms with Crippen molar-refractivity contribution in [1.82, 2.24) is 10.2 Å². The average molecular weight is 624 g/mol. The van der Waals surface area contributed by atoms with Crippen LogP contribution in [0.3, 0.4) is 0 Å². The molecule has 3 aromatic rings. The third-order valence-corrected chi connectivity index (χ3v) is 8.87. The summed E-state index contributed by atoms with van der Waals surface area (Å²) in [6.07, 6.45) is -4.22. The monoisotopic (exact) mass is 623 g/mol.